The van der Waals surface area contributed by atoms with Crippen LogP contribution in [0.25, 0.3) is 28.2 Å². The number of rotatable bonds is 4. The van der Waals surface area contributed by atoms with E-state index in [2.05, 4.69) is 11.6 Å². The van der Waals surface area contributed by atoms with Gasteiger partial charge in [0.25, 0.3) is 5.56 Å². The van der Waals surface area contributed by atoms with Gasteiger partial charge in [-0.15, -0.1) is 0 Å². The zero-order chi connectivity index (χ0) is 20.4. The average Bonchev–Trinajstić information content (AvgIpc) is 2.73. The summed E-state index contributed by atoms with van der Waals surface area (Å²) in [5.41, 5.74) is 2.16. The van der Waals surface area contributed by atoms with E-state index in [4.69, 9.17) is 23.2 Å². The molecule has 0 saturated heterocycles. The molecule has 4 rings (SSSR count). The molecule has 0 aliphatic rings. The van der Waals surface area contributed by atoms with Crippen LogP contribution in [0.2, 0.25) is 10.0 Å². The highest BCUT2D eigenvalue weighted by molar-refractivity contribution is 6.31. The number of pyridine rings is 2. The molecule has 0 spiro atoms. The SMILES string of the molecule is C=CC(=Cc1cccc(Cl)c1)c1cc2ccc(Cl)cc2c(=O)n1-c1ccccn1. The van der Waals surface area contributed by atoms with E-state index in [1.807, 2.05) is 54.6 Å². The second kappa shape index (κ2) is 8.08. The molecule has 0 bridgehead atoms. The van der Waals surface area contributed by atoms with Crippen molar-refractivity contribution in [1.29, 1.82) is 0 Å². The topological polar surface area (TPSA) is 34.9 Å². The van der Waals surface area contributed by atoms with E-state index in [1.165, 1.54) is 0 Å². The number of nitrogens with zero attached hydrogens (tertiary/aromatic N) is 2. The molecule has 0 unspecified atom stereocenters. The van der Waals surface area contributed by atoms with Crippen molar-refractivity contribution in [1.82, 2.24) is 9.55 Å². The summed E-state index contributed by atoms with van der Waals surface area (Å²) in [6, 6.07) is 20.2. The summed E-state index contributed by atoms with van der Waals surface area (Å²) in [5.74, 6) is 0.521. The third kappa shape index (κ3) is 3.88. The monoisotopic (exact) mass is 418 g/mol. The minimum absolute atomic E-state index is 0.197. The first-order valence-corrected chi connectivity index (χ1v) is 9.69. The zero-order valence-electron chi connectivity index (χ0n) is 15.3. The number of aromatic nitrogens is 2. The van der Waals surface area contributed by atoms with E-state index in [-0.39, 0.29) is 5.56 Å². The van der Waals surface area contributed by atoms with Gasteiger partial charge in [0.15, 0.2) is 0 Å². The summed E-state index contributed by atoms with van der Waals surface area (Å²) in [6.45, 7) is 3.96. The summed E-state index contributed by atoms with van der Waals surface area (Å²) >= 11 is 12.3. The van der Waals surface area contributed by atoms with Gasteiger partial charge in [0.1, 0.15) is 5.82 Å². The minimum Gasteiger partial charge on any atom is -0.268 e. The Morgan fingerprint density at radius 3 is 2.52 bits per heavy atom. The van der Waals surface area contributed by atoms with E-state index in [0.717, 1.165) is 16.5 Å². The van der Waals surface area contributed by atoms with Crippen LogP contribution >= 0.6 is 23.2 Å². The first-order chi connectivity index (χ1) is 14.1. The lowest BCUT2D eigenvalue weighted by Crippen LogP contribution is -2.22. The molecule has 0 atom stereocenters. The fraction of sp³-hybridized carbons (Fsp3) is 0. The number of fused-ring (bicyclic) bond motifs is 1. The molecule has 3 nitrogen and oxygen atoms in total. The third-order valence-corrected chi connectivity index (χ3v) is 5.02. The number of benzene rings is 2. The quantitative estimate of drug-likeness (QED) is 0.358. The second-order valence-electron chi connectivity index (χ2n) is 6.45. The van der Waals surface area contributed by atoms with E-state index < -0.39 is 0 Å². The molecule has 0 amide bonds. The Morgan fingerprint density at radius 2 is 1.79 bits per heavy atom. The highest BCUT2D eigenvalue weighted by Crippen LogP contribution is 2.26. The van der Waals surface area contributed by atoms with Gasteiger partial charge in [-0.25, -0.2) is 4.98 Å². The molecule has 29 heavy (non-hydrogen) atoms. The first-order valence-electron chi connectivity index (χ1n) is 8.93. The number of hydrogen-bond acceptors (Lipinski definition) is 2. The van der Waals surface area contributed by atoms with E-state index >= 15 is 0 Å². The molecule has 0 N–H and O–H groups in total. The molecule has 2 aromatic carbocycles. The van der Waals surface area contributed by atoms with Crippen LogP contribution in [0.5, 0.6) is 0 Å². The maximum Gasteiger partial charge on any atom is 0.264 e. The smallest absolute Gasteiger partial charge is 0.264 e. The molecule has 5 heteroatoms. The van der Waals surface area contributed by atoms with Crippen LogP contribution in [0.1, 0.15) is 11.3 Å². The Morgan fingerprint density at radius 1 is 0.966 bits per heavy atom. The third-order valence-electron chi connectivity index (χ3n) is 4.55. The van der Waals surface area contributed by atoms with Crippen LogP contribution in [0, 0.1) is 0 Å². The van der Waals surface area contributed by atoms with Gasteiger partial charge in [-0.1, -0.05) is 60.1 Å². The Hall–Kier alpha value is -3.14. The van der Waals surface area contributed by atoms with Crippen molar-refractivity contribution >= 4 is 45.6 Å². The molecule has 0 radical (unpaired) electrons. The van der Waals surface area contributed by atoms with Gasteiger partial charge in [-0.2, -0.15) is 0 Å². The van der Waals surface area contributed by atoms with Crippen molar-refractivity contribution in [2.75, 3.05) is 0 Å². The van der Waals surface area contributed by atoms with Crippen LogP contribution in [-0.4, -0.2) is 9.55 Å². The Bertz CT molecular complexity index is 1310. The van der Waals surface area contributed by atoms with Gasteiger partial charge in [0.2, 0.25) is 0 Å². The van der Waals surface area contributed by atoms with E-state index in [1.54, 1.807) is 35.0 Å². The molecule has 2 aromatic heterocycles. The highest BCUT2D eigenvalue weighted by atomic mass is 35.5. The van der Waals surface area contributed by atoms with Crippen LogP contribution in [0.3, 0.4) is 0 Å². The van der Waals surface area contributed by atoms with Crippen molar-refractivity contribution in [2.24, 2.45) is 0 Å². The molecule has 0 saturated carbocycles. The Balaban J connectivity index is 2.05. The van der Waals surface area contributed by atoms with Crippen molar-refractivity contribution in [3.8, 4) is 5.82 Å². The highest BCUT2D eigenvalue weighted by Gasteiger charge is 2.14. The molecule has 0 fully saturated rings. The fourth-order valence-corrected chi connectivity index (χ4v) is 3.59. The van der Waals surface area contributed by atoms with E-state index in [9.17, 15) is 4.79 Å². The summed E-state index contributed by atoms with van der Waals surface area (Å²) in [7, 11) is 0. The van der Waals surface area contributed by atoms with Gasteiger partial charge < -0.3 is 0 Å². The predicted molar refractivity (Wildman–Crippen MR) is 122 cm³/mol. The lowest BCUT2D eigenvalue weighted by atomic mass is 10.0. The standard InChI is InChI=1S/C24H16Cl2N2O/c1-2-17(12-16-6-5-7-19(25)13-16)22-14-18-9-10-20(26)15-21(18)24(29)28(22)23-8-3-4-11-27-23/h2-15H,1H2. The molecule has 0 aliphatic heterocycles. The van der Waals surface area contributed by atoms with Crippen molar-refractivity contribution in [2.45, 2.75) is 0 Å². The van der Waals surface area contributed by atoms with Crippen molar-refractivity contribution in [3.63, 3.8) is 0 Å². The molecule has 2 heterocycles. The Labute approximate surface area is 178 Å². The molecule has 142 valence electrons. The van der Waals surface area contributed by atoms with Gasteiger partial charge in [0.05, 0.1) is 5.69 Å². The van der Waals surface area contributed by atoms with Gasteiger partial charge in [0, 0.05) is 21.6 Å². The lowest BCUT2D eigenvalue weighted by Gasteiger charge is -2.15. The van der Waals surface area contributed by atoms with Crippen LogP contribution < -0.4 is 5.56 Å². The van der Waals surface area contributed by atoms with Crippen LogP contribution in [-0.2, 0) is 0 Å². The maximum absolute atomic E-state index is 13.4. The predicted octanol–water partition coefficient (Wildman–Crippen LogP) is 6.42. The maximum atomic E-state index is 13.4. The average molecular weight is 419 g/mol. The van der Waals surface area contributed by atoms with E-state index in [0.29, 0.717) is 26.9 Å². The second-order valence-corrected chi connectivity index (χ2v) is 7.32. The van der Waals surface area contributed by atoms with Crippen molar-refractivity contribution < 1.29 is 0 Å². The molecule has 0 aliphatic carbocycles. The van der Waals surface area contributed by atoms with Gasteiger partial charge >= 0.3 is 0 Å². The lowest BCUT2D eigenvalue weighted by molar-refractivity contribution is 0.938. The summed E-state index contributed by atoms with van der Waals surface area (Å²) in [6.07, 6.45) is 5.31. The number of halogens is 2. The fourth-order valence-electron chi connectivity index (χ4n) is 3.22. The summed E-state index contributed by atoms with van der Waals surface area (Å²) in [5, 5.41) is 2.46. The largest absolute Gasteiger partial charge is 0.268 e. The zero-order valence-corrected chi connectivity index (χ0v) is 16.9. The van der Waals surface area contributed by atoms with Gasteiger partial charge in [-0.05, 0) is 65.1 Å². The molecule has 4 aromatic rings. The first kappa shape index (κ1) is 19.2. The van der Waals surface area contributed by atoms with Crippen LogP contribution in [0.4, 0.5) is 0 Å². The number of hydrogen-bond donors (Lipinski definition) is 0. The van der Waals surface area contributed by atoms with Crippen molar-refractivity contribution in [3.05, 3.63) is 117 Å². The normalized spacial score (nSPS) is 11.6. The molecular weight excluding hydrogens is 403 g/mol. The Kier molecular flexibility index (Phi) is 5.34. The number of allylic oxidation sites excluding steroid dienone is 2. The summed E-state index contributed by atoms with van der Waals surface area (Å²) < 4.78 is 1.58. The van der Waals surface area contributed by atoms with Crippen LogP contribution in [0.15, 0.2) is 90.4 Å². The molecular formula is C24H16Cl2N2O. The van der Waals surface area contributed by atoms with Gasteiger partial charge in [-0.3, -0.25) is 9.36 Å². The minimum atomic E-state index is -0.197. The summed E-state index contributed by atoms with van der Waals surface area (Å²) in [4.78, 5) is 17.8.